The lowest BCUT2D eigenvalue weighted by molar-refractivity contribution is 0.602. The minimum atomic E-state index is -3.76. The van der Waals surface area contributed by atoms with E-state index in [1.165, 1.54) is 0 Å². The zero-order valence-corrected chi connectivity index (χ0v) is 14.4. The largest absolute Gasteiger partial charge is 0.279 e. The molecule has 0 unspecified atom stereocenters. The fourth-order valence-electron chi connectivity index (χ4n) is 2.97. The van der Waals surface area contributed by atoms with E-state index < -0.39 is 10.0 Å². The molecule has 124 valence electrons. The first-order valence-corrected chi connectivity index (χ1v) is 9.39. The predicted molar refractivity (Wildman–Crippen MR) is 101 cm³/mol. The summed E-state index contributed by atoms with van der Waals surface area (Å²) in [5.74, 6) is 0. The fourth-order valence-corrected chi connectivity index (χ4v) is 4.23. The Morgan fingerprint density at radius 2 is 1.60 bits per heavy atom. The summed E-state index contributed by atoms with van der Waals surface area (Å²) < 4.78 is 28.7. The second-order valence-electron chi connectivity index (χ2n) is 5.97. The van der Waals surface area contributed by atoms with Crippen molar-refractivity contribution in [3.8, 4) is 0 Å². The lowest BCUT2D eigenvalue weighted by atomic mass is 10.1. The van der Waals surface area contributed by atoms with Crippen LogP contribution in [0.5, 0.6) is 0 Å². The van der Waals surface area contributed by atoms with Gasteiger partial charge in [-0.25, -0.2) is 8.42 Å². The van der Waals surface area contributed by atoms with E-state index in [1.807, 2.05) is 55.5 Å². The molecule has 1 N–H and O–H groups in total. The van der Waals surface area contributed by atoms with Crippen molar-refractivity contribution >= 4 is 37.4 Å². The van der Waals surface area contributed by atoms with Gasteiger partial charge < -0.3 is 0 Å². The third-order valence-corrected chi connectivity index (χ3v) is 5.53. The number of hydrogen-bond acceptors (Lipinski definition) is 3. The zero-order chi connectivity index (χ0) is 17.4. The molecule has 25 heavy (non-hydrogen) atoms. The Balaban J connectivity index is 1.85. The van der Waals surface area contributed by atoms with Crippen molar-refractivity contribution in [3.63, 3.8) is 0 Å². The SMILES string of the molecule is Cc1cnc2c(S(=O)(=O)Nc3cccc4ccccc34)cccc2c1. The Bertz CT molecular complexity index is 1200. The number of rotatable bonds is 3. The number of nitrogens with one attached hydrogen (secondary N) is 1. The van der Waals surface area contributed by atoms with Gasteiger partial charge in [0.25, 0.3) is 10.0 Å². The van der Waals surface area contributed by atoms with Crippen LogP contribution >= 0.6 is 0 Å². The summed E-state index contributed by atoms with van der Waals surface area (Å²) >= 11 is 0. The number of sulfonamides is 1. The lowest BCUT2D eigenvalue weighted by Crippen LogP contribution is -2.14. The summed E-state index contributed by atoms with van der Waals surface area (Å²) in [5, 5.41) is 2.65. The first kappa shape index (κ1) is 15.6. The Morgan fingerprint density at radius 1 is 0.880 bits per heavy atom. The average molecular weight is 348 g/mol. The second-order valence-corrected chi connectivity index (χ2v) is 7.62. The topological polar surface area (TPSA) is 59.1 Å². The number of fused-ring (bicyclic) bond motifs is 2. The maximum absolute atomic E-state index is 13.0. The van der Waals surface area contributed by atoms with Gasteiger partial charge in [0.2, 0.25) is 0 Å². The van der Waals surface area contributed by atoms with Crippen LogP contribution < -0.4 is 4.72 Å². The van der Waals surface area contributed by atoms with Crippen LogP contribution in [0.15, 0.2) is 77.8 Å². The molecule has 5 heteroatoms. The van der Waals surface area contributed by atoms with Crippen LogP contribution in [0.4, 0.5) is 5.69 Å². The standard InChI is InChI=1S/C20H16N2O2S/c1-14-12-16-8-5-11-19(20(16)21-13-14)25(23,24)22-18-10-4-7-15-6-2-3-9-17(15)18/h2-13,22H,1H3. The number of pyridine rings is 1. The molecule has 3 aromatic carbocycles. The quantitative estimate of drug-likeness (QED) is 0.593. The molecular weight excluding hydrogens is 332 g/mol. The zero-order valence-electron chi connectivity index (χ0n) is 13.6. The van der Waals surface area contributed by atoms with E-state index in [1.54, 1.807) is 24.4 Å². The van der Waals surface area contributed by atoms with E-state index in [2.05, 4.69) is 9.71 Å². The Hall–Kier alpha value is -2.92. The van der Waals surface area contributed by atoms with Crippen molar-refractivity contribution in [1.29, 1.82) is 0 Å². The highest BCUT2D eigenvalue weighted by Gasteiger charge is 2.19. The monoisotopic (exact) mass is 348 g/mol. The summed E-state index contributed by atoms with van der Waals surface area (Å²) in [6.07, 6.45) is 1.68. The normalized spacial score (nSPS) is 11.7. The number of benzene rings is 3. The number of hydrogen-bond donors (Lipinski definition) is 1. The first-order chi connectivity index (χ1) is 12.0. The first-order valence-electron chi connectivity index (χ1n) is 7.90. The summed E-state index contributed by atoms with van der Waals surface area (Å²) in [6.45, 7) is 1.93. The van der Waals surface area contributed by atoms with E-state index in [0.29, 0.717) is 11.2 Å². The number of nitrogens with zero attached hydrogens (tertiary/aromatic N) is 1. The van der Waals surface area contributed by atoms with E-state index >= 15 is 0 Å². The van der Waals surface area contributed by atoms with Gasteiger partial charge in [-0.1, -0.05) is 48.5 Å². The highest BCUT2D eigenvalue weighted by atomic mass is 32.2. The third kappa shape index (κ3) is 2.83. The summed E-state index contributed by atoms with van der Waals surface area (Å²) in [5.41, 5.74) is 2.02. The predicted octanol–water partition coefficient (Wildman–Crippen LogP) is 4.50. The molecule has 1 heterocycles. The lowest BCUT2D eigenvalue weighted by Gasteiger charge is -2.12. The molecule has 0 atom stereocenters. The maximum atomic E-state index is 13.0. The molecule has 0 aliphatic carbocycles. The van der Waals surface area contributed by atoms with Gasteiger partial charge in [-0.05, 0) is 36.1 Å². The van der Waals surface area contributed by atoms with Gasteiger partial charge >= 0.3 is 0 Å². The molecule has 4 aromatic rings. The van der Waals surface area contributed by atoms with Crippen LogP contribution in [0, 0.1) is 6.92 Å². The van der Waals surface area contributed by atoms with Gasteiger partial charge in [0.05, 0.1) is 11.2 Å². The van der Waals surface area contributed by atoms with Crippen molar-refractivity contribution in [2.75, 3.05) is 4.72 Å². The van der Waals surface area contributed by atoms with E-state index in [4.69, 9.17) is 0 Å². The van der Waals surface area contributed by atoms with Gasteiger partial charge in [-0.3, -0.25) is 9.71 Å². The van der Waals surface area contributed by atoms with Crippen molar-refractivity contribution in [2.24, 2.45) is 0 Å². The Labute approximate surface area is 146 Å². The minimum Gasteiger partial charge on any atom is -0.279 e. The highest BCUT2D eigenvalue weighted by Crippen LogP contribution is 2.28. The molecule has 0 aliphatic heterocycles. The summed E-state index contributed by atoms with van der Waals surface area (Å²) in [6, 6.07) is 20.3. The van der Waals surface area contributed by atoms with Crippen molar-refractivity contribution in [1.82, 2.24) is 4.98 Å². The summed E-state index contributed by atoms with van der Waals surface area (Å²) in [7, 11) is -3.76. The minimum absolute atomic E-state index is 0.179. The van der Waals surface area contributed by atoms with Crippen molar-refractivity contribution in [2.45, 2.75) is 11.8 Å². The molecule has 0 amide bonds. The van der Waals surface area contributed by atoms with Gasteiger partial charge in [-0.2, -0.15) is 0 Å². The van der Waals surface area contributed by atoms with Crippen LogP contribution in [0.2, 0.25) is 0 Å². The molecule has 0 spiro atoms. The molecule has 0 bridgehead atoms. The van der Waals surface area contributed by atoms with Crippen LogP contribution in [-0.2, 0) is 10.0 Å². The van der Waals surface area contributed by atoms with E-state index in [0.717, 1.165) is 21.7 Å². The van der Waals surface area contributed by atoms with Crippen LogP contribution in [-0.4, -0.2) is 13.4 Å². The van der Waals surface area contributed by atoms with Crippen LogP contribution in [0.1, 0.15) is 5.56 Å². The van der Waals surface area contributed by atoms with Gasteiger partial charge in [0.1, 0.15) is 4.90 Å². The maximum Gasteiger partial charge on any atom is 0.264 e. The van der Waals surface area contributed by atoms with Crippen molar-refractivity contribution in [3.05, 3.63) is 78.5 Å². The molecule has 4 rings (SSSR count). The molecule has 0 saturated carbocycles. The van der Waals surface area contributed by atoms with Gasteiger partial charge in [-0.15, -0.1) is 0 Å². The van der Waals surface area contributed by atoms with Crippen molar-refractivity contribution < 1.29 is 8.42 Å². The van der Waals surface area contributed by atoms with Crippen LogP contribution in [0.3, 0.4) is 0 Å². The fraction of sp³-hybridized carbons (Fsp3) is 0.0500. The molecule has 0 aliphatic rings. The third-order valence-electron chi connectivity index (χ3n) is 4.13. The molecular formula is C20H16N2O2S. The highest BCUT2D eigenvalue weighted by molar-refractivity contribution is 7.93. The molecule has 1 aromatic heterocycles. The second kappa shape index (κ2) is 5.86. The number of aryl methyl sites for hydroxylation is 1. The number of aromatic nitrogens is 1. The van der Waals surface area contributed by atoms with E-state index in [-0.39, 0.29) is 4.90 Å². The molecule has 0 fully saturated rings. The molecule has 4 nitrogen and oxygen atoms in total. The van der Waals surface area contributed by atoms with Crippen LogP contribution in [0.25, 0.3) is 21.7 Å². The smallest absolute Gasteiger partial charge is 0.264 e. The molecule has 0 radical (unpaired) electrons. The van der Waals surface area contributed by atoms with Gasteiger partial charge in [0.15, 0.2) is 0 Å². The number of para-hydroxylation sites is 1. The average Bonchev–Trinajstić information content (AvgIpc) is 2.61. The number of anilines is 1. The van der Waals surface area contributed by atoms with E-state index in [9.17, 15) is 8.42 Å². The molecule has 0 saturated heterocycles. The van der Waals surface area contributed by atoms with Gasteiger partial charge in [0, 0.05) is 17.0 Å². The summed E-state index contributed by atoms with van der Waals surface area (Å²) in [4.78, 5) is 4.51. The Kier molecular flexibility index (Phi) is 3.66. The Morgan fingerprint density at radius 3 is 2.48 bits per heavy atom.